The van der Waals surface area contributed by atoms with E-state index in [2.05, 4.69) is 63.6 Å². The molecular weight excluding hydrogens is 1100 g/mol. The van der Waals surface area contributed by atoms with Crippen molar-refractivity contribution in [3.8, 4) is 0 Å². The van der Waals surface area contributed by atoms with E-state index in [1.165, 1.54) is 238 Å². The monoisotopic (exact) mass is 1270 g/mol. The van der Waals surface area contributed by atoms with E-state index in [0.717, 1.165) is 117 Å². The van der Waals surface area contributed by atoms with Crippen LogP contribution in [0, 0.1) is 11.8 Å². The molecule has 5 N–H and O–H groups in total. The Morgan fingerprint density at radius 1 is 0.472 bits per heavy atom. The van der Waals surface area contributed by atoms with Gasteiger partial charge in [-0.1, -0.05) is 262 Å². The normalized spacial score (nSPS) is 16.7. The van der Waals surface area contributed by atoms with Gasteiger partial charge in [-0.15, -0.1) is 0 Å². The molecule has 1 aliphatic heterocycles. The Balaban J connectivity index is 0. The van der Waals surface area contributed by atoms with Crippen LogP contribution in [0.15, 0.2) is 0 Å². The number of aliphatic hydroxyl groups excluding tert-OH is 2. The molecule has 5 unspecified atom stereocenters. The Kier molecular flexibility index (Phi) is 67.2. The maximum atomic E-state index is 12.9. The van der Waals surface area contributed by atoms with Gasteiger partial charge in [0.1, 0.15) is 0 Å². The Labute approximate surface area is 556 Å². The number of nitrogens with zero attached hydrogens (tertiary/aromatic N) is 2. The van der Waals surface area contributed by atoms with Crippen molar-refractivity contribution in [2.45, 2.75) is 421 Å². The van der Waals surface area contributed by atoms with Crippen molar-refractivity contribution in [2.75, 3.05) is 59.1 Å². The molecule has 1 heterocycles. The minimum absolute atomic E-state index is 0. The number of ether oxygens (including phenoxy) is 3. The van der Waals surface area contributed by atoms with Crippen molar-refractivity contribution >= 4 is 11.9 Å². The largest absolute Gasteiger partial charge is 0.465 e. The first-order valence-electron chi connectivity index (χ1n) is 38.8. The van der Waals surface area contributed by atoms with E-state index < -0.39 is 0 Å². The highest BCUT2D eigenvalue weighted by Crippen LogP contribution is 2.27. The second-order valence-corrected chi connectivity index (χ2v) is 27.9. The van der Waals surface area contributed by atoms with Gasteiger partial charge < -0.3 is 40.4 Å². The van der Waals surface area contributed by atoms with E-state index in [1.54, 1.807) is 0 Å². The van der Waals surface area contributed by atoms with E-state index >= 15 is 0 Å². The standard InChI is InChI=1S/C56H110N2O5.C10H21NO.C6H12O.C4H9N.2CH4/c1-6-11-16-20-22-28-37-51(35-26-18-13-8-3)49-62-55(60)42-30-24-32-44-57(46-47-58(53-39-34-40-53)48-54(59)41-15-10-5)45-33-25-31-43-56(61)63-50-52(36-27-19-14-9-4)38-29-23-21-17-12-7-2;1-2-3-7-10(12)8-11-9-5-4-6-9;1-2-3-4-6-5-7-6;5-4-2-1-3-4;;/h51-54,59H,6-50H2,1-5H3;9-12H,2-8H2,1H3;6H,2-5H2,1H3;4H,1-3,5H2;2*1H4. The molecule has 0 bridgehead atoms. The molecule has 4 fully saturated rings. The minimum atomic E-state index is -0.239. The van der Waals surface area contributed by atoms with E-state index in [4.69, 9.17) is 19.9 Å². The van der Waals surface area contributed by atoms with Crippen LogP contribution in [0.5, 0.6) is 0 Å². The molecule has 3 saturated carbocycles. The number of epoxide rings is 1. The fourth-order valence-corrected chi connectivity index (χ4v) is 12.0. The van der Waals surface area contributed by atoms with Crippen LogP contribution in [-0.2, 0) is 23.8 Å². The summed E-state index contributed by atoms with van der Waals surface area (Å²) in [7, 11) is 0. The Hall–Kier alpha value is -1.34. The summed E-state index contributed by atoms with van der Waals surface area (Å²) in [5.41, 5.74) is 5.38. The molecule has 5 atom stereocenters. The number of aliphatic hydroxyl groups is 2. The zero-order chi connectivity index (χ0) is 63.5. The van der Waals surface area contributed by atoms with E-state index in [-0.39, 0.29) is 39.0 Å². The predicted molar refractivity (Wildman–Crippen MR) is 386 cm³/mol. The first kappa shape index (κ1) is 89.7. The molecule has 0 amide bonds. The number of hydrogen-bond acceptors (Lipinski definition) is 11. The average molecular weight is 1270 g/mol. The van der Waals surface area contributed by atoms with Crippen molar-refractivity contribution < 1.29 is 34.0 Å². The molecule has 0 spiro atoms. The molecule has 11 heteroatoms. The van der Waals surface area contributed by atoms with Gasteiger partial charge >= 0.3 is 11.9 Å². The topological polar surface area (TPSA) is 150 Å². The van der Waals surface area contributed by atoms with Crippen LogP contribution in [0.3, 0.4) is 0 Å². The van der Waals surface area contributed by atoms with Crippen molar-refractivity contribution in [1.29, 1.82) is 0 Å². The van der Waals surface area contributed by atoms with Crippen LogP contribution in [-0.4, -0.2) is 127 Å². The van der Waals surface area contributed by atoms with E-state index in [9.17, 15) is 19.8 Å². The van der Waals surface area contributed by atoms with Crippen LogP contribution in [0.25, 0.3) is 0 Å². The van der Waals surface area contributed by atoms with Gasteiger partial charge in [0.15, 0.2) is 0 Å². The lowest BCUT2D eigenvalue weighted by Crippen LogP contribution is -2.47. The molecule has 0 aromatic carbocycles. The SMILES string of the molecule is C.C.CCCCC(O)CNC1CCC1.CCCCC1CO1.CCCCCCCCC(CCCCCC)COC(=O)CCCCCN(CCCCCC(=O)OCC(CCCCCC)CCCCCCCC)CCN(CC(O)CCCC)C1CCC1.NC1CCC1. The van der Waals surface area contributed by atoms with Gasteiger partial charge in [-0.05, 0) is 134 Å². The Bertz CT molecular complexity index is 1390. The summed E-state index contributed by atoms with van der Waals surface area (Å²) in [6.07, 6.45) is 60.2. The first-order valence-corrected chi connectivity index (χ1v) is 38.8. The third-order valence-corrected chi connectivity index (χ3v) is 19.2. The summed E-state index contributed by atoms with van der Waals surface area (Å²) >= 11 is 0. The molecule has 1 saturated heterocycles. The second-order valence-electron chi connectivity index (χ2n) is 27.9. The number of carbonyl (C=O) groups excluding carboxylic acids is 2. The number of hydrogen-bond donors (Lipinski definition) is 4. The van der Waals surface area contributed by atoms with Gasteiger partial charge in [-0.3, -0.25) is 14.5 Å². The summed E-state index contributed by atoms with van der Waals surface area (Å²) in [5, 5.41) is 23.7. The zero-order valence-electron chi connectivity index (χ0n) is 59.2. The van der Waals surface area contributed by atoms with Crippen LogP contribution >= 0.6 is 0 Å². The highest BCUT2D eigenvalue weighted by Gasteiger charge is 2.27. The van der Waals surface area contributed by atoms with Crippen molar-refractivity contribution in [3.63, 3.8) is 0 Å². The summed E-state index contributed by atoms with van der Waals surface area (Å²) in [6, 6.07) is 1.89. The number of esters is 2. The second kappa shape index (κ2) is 66.7. The fourth-order valence-electron chi connectivity index (χ4n) is 12.0. The molecule has 4 rings (SSSR count). The highest BCUT2D eigenvalue weighted by molar-refractivity contribution is 5.69. The van der Waals surface area contributed by atoms with E-state index in [0.29, 0.717) is 62.1 Å². The summed E-state index contributed by atoms with van der Waals surface area (Å²) in [4.78, 5) is 31.0. The van der Waals surface area contributed by atoms with E-state index in [1.807, 2.05) is 0 Å². The van der Waals surface area contributed by atoms with Gasteiger partial charge in [0.2, 0.25) is 0 Å². The van der Waals surface area contributed by atoms with Gasteiger partial charge in [-0.2, -0.15) is 0 Å². The molecule has 11 nitrogen and oxygen atoms in total. The van der Waals surface area contributed by atoms with Gasteiger partial charge in [0.25, 0.3) is 0 Å². The first-order chi connectivity index (χ1) is 42.5. The summed E-state index contributed by atoms with van der Waals surface area (Å²) in [6.45, 7) is 23.6. The van der Waals surface area contributed by atoms with Crippen molar-refractivity contribution in [1.82, 2.24) is 15.1 Å². The molecule has 89 heavy (non-hydrogen) atoms. The predicted octanol–water partition coefficient (Wildman–Crippen LogP) is 20.6. The third kappa shape index (κ3) is 57.8. The minimum Gasteiger partial charge on any atom is -0.465 e. The molecule has 3 aliphatic carbocycles. The van der Waals surface area contributed by atoms with Crippen LogP contribution in [0.1, 0.15) is 384 Å². The number of rotatable bonds is 58. The molecule has 0 radical (unpaired) electrons. The quantitative estimate of drug-likeness (QED) is 0.0262. The van der Waals surface area contributed by atoms with Crippen molar-refractivity contribution in [3.05, 3.63) is 0 Å². The van der Waals surface area contributed by atoms with Crippen LogP contribution in [0.2, 0.25) is 0 Å². The Morgan fingerprint density at radius 2 is 0.854 bits per heavy atom. The molecule has 4 aliphatic rings. The third-order valence-electron chi connectivity index (χ3n) is 19.2. The van der Waals surface area contributed by atoms with Gasteiger partial charge in [0.05, 0.1) is 38.1 Å². The molecule has 0 aromatic heterocycles. The highest BCUT2D eigenvalue weighted by atomic mass is 16.6. The molecular formula is C78H160N4O7. The van der Waals surface area contributed by atoms with Crippen LogP contribution in [0.4, 0.5) is 0 Å². The fraction of sp³-hybridized carbons (Fsp3) is 0.974. The summed E-state index contributed by atoms with van der Waals surface area (Å²) < 4.78 is 16.8. The number of unbranched alkanes of at least 4 members (excludes halogenated alkanes) is 23. The van der Waals surface area contributed by atoms with Gasteiger partial charge in [-0.25, -0.2) is 0 Å². The summed E-state index contributed by atoms with van der Waals surface area (Å²) in [5.74, 6) is 1.01. The van der Waals surface area contributed by atoms with Crippen molar-refractivity contribution in [2.24, 2.45) is 17.6 Å². The number of nitrogens with two attached hydrogens (primary N) is 1. The molecule has 534 valence electrons. The van der Waals surface area contributed by atoms with Crippen LogP contribution < -0.4 is 11.1 Å². The number of nitrogens with one attached hydrogen (secondary N) is 1. The molecule has 0 aromatic rings. The Morgan fingerprint density at radius 3 is 1.22 bits per heavy atom. The zero-order valence-corrected chi connectivity index (χ0v) is 59.2. The maximum absolute atomic E-state index is 12.9. The number of carbonyl (C=O) groups is 2. The maximum Gasteiger partial charge on any atom is 0.305 e. The van der Waals surface area contributed by atoms with Gasteiger partial charge in [0, 0.05) is 57.1 Å². The average Bonchev–Trinajstić information content (AvgIpc) is 3.24. The lowest BCUT2D eigenvalue weighted by molar-refractivity contribution is -0.146. The lowest BCUT2D eigenvalue weighted by atomic mass is 9.91. The lowest BCUT2D eigenvalue weighted by Gasteiger charge is -2.39. The smallest absolute Gasteiger partial charge is 0.305 e.